The summed E-state index contributed by atoms with van der Waals surface area (Å²) < 4.78 is 34.3. The van der Waals surface area contributed by atoms with Crippen molar-refractivity contribution in [2.75, 3.05) is 25.0 Å². The Balaban J connectivity index is 1.89. The SMILES string of the molecule is CCOc1ccc(S(=O)(=O)N(CC)CC)cc1NC(=O)c1ccc(-n2cccn2)nc1. The first-order valence-corrected chi connectivity index (χ1v) is 11.4. The van der Waals surface area contributed by atoms with Gasteiger partial charge in [0.15, 0.2) is 5.82 Å². The van der Waals surface area contributed by atoms with Crippen molar-refractivity contribution in [2.45, 2.75) is 25.7 Å². The van der Waals surface area contributed by atoms with Crippen molar-refractivity contribution in [3.05, 3.63) is 60.6 Å². The van der Waals surface area contributed by atoms with Crippen molar-refractivity contribution < 1.29 is 17.9 Å². The standard InChI is InChI=1S/C21H25N5O4S/c1-4-25(5-2)31(28,29)17-9-10-19(30-6-3)18(14-17)24-21(27)16-8-11-20(22-15-16)26-13-7-12-23-26/h7-15H,4-6H2,1-3H3,(H,24,27). The number of aromatic nitrogens is 3. The summed E-state index contributed by atoms with van der Waals surface area (Å²) in [6.07, 6.45) is 4.82. The number of hydrogen-bond acceptors (Lipinski definition) is 6. The quantitative estimate of drug-likeness (QED) is 0.545. The van der Waals surface area contributed by atoms with Gasteiger partial charge in [0.1, 0.15) is 5.75 Å². The first-order chi connectivity index (χ1) is 14.9. The number of nitrogens with one attached hydrogen (secondary N) is 1. The zero-order valence-corrected chi connectivity index (χ0v) is 18.5. The normalized spacial score (nSPS) is 11.5. The van der Waals surface area contributed by atoms with Crippen LogP contribution in [-0.4, -0.2) is 53.1 Å². The van der Waals surface area contributed by atoms with Gasteiger partial charge in [-0.05, 0) is 43.3 Å². The molecule has 0 aliphatic carbocycles. The van der Waals surface area contributed by atoms with E-state index in [0.717, 1.165) is 0 Å². The molecule has 0 bridgehead atoms. The Morgan fingerprint density at radius 3 is 2.52 bits per heavy atom. The molecule has 1 aromatic carbocycles. The summed E-state index contributed by atoms with van der Waals surface area (Å²) >= 11 is 0. The van der Waals surface area contributed by atoms with Gasteiger partial charge in [-0.3, -0.25) is 4.79 Å². The highest BCUT2D eigenvalue weighted by atomic mass is 32.2. The van der Waals surface area contributed by atoms with Gasteiger partial charge < -0.3 is 10.1 Å². The maximum atomic E-state index is 12.9. The molecule has 0 saturated heterocycles. The number of carbonyl (C=O) groups is 1. The Labute approximate surface area is 181 Å². The van der Waals surface area contributed by atoms with Gasteiger partial charge >= 0.3 is 0 Å². The van der Waals surface area contributed by atoms with E-state index >= 15 is 0 Å². The van der Waals surface area contributed by atoms with Crippen LogP contribution in [0.15, 0.2) is 59.9 Å². The fourth-order valence-electron chi connectivity index (χ4n) is 3.02. The van der Waals surface area contributed by atoms with Crippen LogP contribution in [0.4, 0.5) is 5.69 Å². The van der Waals surface area contributed by atoms with Crippen molar-refractivity contribution in [2.24, 2.45) is 0 Å². The number of sulfonamides is 1. The fourth-order valence-corrected chi connectivity index (χ4v) is 4.50. The van der Waals surface area contributed by atoms with Gasteiger partial charge in [-0.15, -0.1) is 0 Å². The van der Waals surface area contributed by atoms with Crippen LogP contribution < -0.4 is 10.1 Å². The molecule has 10 heteroatoms. The van der Waals surface area contributed by atoms with Crippen LogP contribution in [0.25, 0.3) is 5.82 Å². The van der Waals surface area contributed by atoms with E-state index in [4.69, 9.17) is 4.74 Å². The average Bonchev–Trinajstić information content (AvgIpc) is 3.31. The summed E-state index contributed by atoms with van der Waals surface area (Å²) in [5.74, 6) is 0.525. The third-order valence-corrected chi connectivity index (χ3v) is 6.64. The molecular weight excluding hydrogens is 418 g/mol. The molecule has 0 aliphatic heterocycles. The molecule has 0 unspecified atom stereocenters. The topological polar surface area (TPSA) is 106 Å². The molecule has 2 heterocycles. The largest absolute Gasteiger partial charge is 0.492 e. The number of amides is 1. The van der Waals surface area contributed by atoms with Gasteiger partial charge in [0.2, 0.25) is 10.0 Å². The first-order valence-electron chi connectivity index (χ1n) is 9.95. The molecule has 31 heavy (non-hydrogen) atoms. The van der Waals surface area contributed by atoms with Crippen LogP contribution in [0.1, 0.15) is 31.1 Å². The predicted octanol–water partition coefficient (Wildman–Crippen LogP) is 2.95. The molecule has 3 aromatic rings. The Hall–Kier alpha value is -3.24. The van der Waals surface area contributed by atoms with Gasteiger partial charge in [0.05, 0.1) is 22.8 Å². The lowest BCUT2D eigenvalue weighted by atomic mass is 10.2. The van der Waals surface area contributed by atoms with Crippen molar-refractivity contribution in [1.29, 1.82) is 0 Å². The number of benzene rings is 1. The minimum atomic E-state index is -3.68. The Bertz CT molecular complexity index is 1130. The van der Waals surface area contributed by atoms with Crippen LogP contribution in [0, 0.1) is 0 Å². The molecule has 2 aromatic heterocycles. The van der Waals surface area contributed by atoms with Crippen LogP contribution in [0.2, 0.25) is 0 Å². The highest BCUT2D eigenvalue weighted by Crippen LogP contribution is 2.29. The maximum absolute atomic E-state index is 12.9. The highest BCUT2D eigenvalue weighted by Gasteiger charge is 2.23. The maximum Gasteiger partial charge on any atom is 0.257 e. The molecule has 1 amide bonds. The van der Waals surface area contributed by atoms with E-state index in [-0.39, 0.29) is 10.6 Å². The summed E-state index contributed by atoms with van der Waals surface area (Å²) in [7, 11) is -3.68. The van der Waals surface area contributed by atoms with E-state index in [2.05, 4.69) is 15.4 Å². The number of rotatable bonds is 9. The average molecular weight is 444 g/mol. The Kier molecular flexibility index (Phi) is 7.03. The molecule has 0 spiro atoms. The Morgan fingerprint density at radius 1 is 1.16 bits per heavy atom. The summed E-state index contributed by atoms with van der Waals surface area (Å²) in [4.78, 5) is 17.1. The van der Waals surface area contributed by atoms with E-state index in [1.54, 1.807) is 55.2 Å². The summed E-state index contributed by atoms with van der Waals surface area (Å²) in [6.45, 7) is 6.43. The van der Waals surface area contributed by atoms with Gasteiger partial charge in [-0.25, -0.2) is 18.1 Å². The molecule has 1 N–H and O–H groups in total. The molecule has 164 valence electrons. The minimum absolute atomic E-state index is 0.0853. The smallest absolute Gasteiger partial charge is 0.257 e. The van der Waals surface area contributed by atoms with E-state index in [9.17, 15) is 13.2 Å². The van der Waals surface area contributed by atoms with Crippen LogP contribution in [-0.2, 0) is 10.0 Å². The number of ether oxygens (including phenoxy) is 1. The summed E-state index contributed by atoms with van der Waals surface area (Å²) in [5.41, 5.74) is 0.589. The lowest BCUT2D eigenvalue weighted by molar-refractivity contribution is 0.102. The first kappa shape index (κ1) is 22.4. The molecule has 3 rings (SSSR count). The Morgan fingerprint density at radius 2 is 1.94 bits per heavy atom. The molecule has 0 radical (unpaired) electrons. The lowest BCUT2D eigenvalue weighted by Crippen LogP contribution is -2.30. The number of carbonyl (C=O) groups excluding carboxylic acids is 1. The zero-order chi connectivity index (χ0) is 22.4. The van der Waals surface area contributed by atoms with E-state index in [0.29, 0.717) is 36.8 Å². The molecule has 0 atom stereocenters. The molecular formula is C21H25N5O4S. The van der Waals surface area contributed by atoms with Gasteiger partial charge in [0.25, 0.3) is 5.91 Å². The minimum Gasteiger partial charge on any atom is -0.492 e. The van der Waals surface area contributed by atoms with Crippen molar-refractivity contribution in [3.63, 3.8) is 0 Å². The second kappa shape index (κ2) is 9.71. The number of hydrogen-bond donors (Lipinski definition) is 1. The second-order valence-electron chi connectivity index (χ2n) is 6.49. The van der Waals surface area contributed by atoms with Crippen LogP contribution in [0.5, 0.6) is 5.75 Å². The lowest BCUT2D eigenvalue weighted by Gasteiger charge is -2.20. The molecule has 0 fully saturated rings. The van der Waals surface area contributed by atoms with Crippen molar-refractivity contribution in [1.82, 2.24) is 19.1 Å². The molecule has 0 saturated carbocycles. The van der Waals surface area contributed by atoms with Crippen molar-refractivity contribution >= 4 is 21.6 Å². The van der Waals surface area contributed by atoms with Gasteiger partial charge in [0, 0.05) is 31.7 Å². The third kappa shape index (κ3) is 4.92. The number of anilines is 1. The second-order valence-corrected chi connectivity index (χ2v) is 8.43. The number of nitrogens with zero attached hydrogens (tertiary/aromatic N) is 4. The fraction of sp³-hybridized carbons (Fsp3) is 0.286. The van der Waals surface area contributed by atoms with E-state index < -0.39 is 15.9 Å². The van der Waals surface area contributed by atoms with Gasteiger partial charge in [-0.2, -0.15) is 9.40 Å². The van der Waals surface area contributed by atoms with Crippen LogP contribution >= 0.6 is 0 Å². The third-order valence-electron chi connectivity index (χ3n) is 4.59. The molecule has 9 nitrogen and oxygen atoms in total. The highest BCUT2D eigenvalue weighted by molar-refractivity contribution is 7.89. The summed E-state index contributed by atoms with van der Waals surface area (Å²) in [5, 5.41) is 6.84. The van der Waals surface area contributed by atoms with Crippen molar-refractivity contribution in [3.8, 4) is 11.6 Å². The zero-order valence-electron chi connectivity index (χ0n) is 17.6. The molecule has 0 aliphatic rings. The monoisotopic (exact) mass is 443 g/mol. The van der Waals surface area contributed by atoms with E-state index in [1.807, 2.05) is 6.92 Å². The predicted molar refractivity (Wildman–Crippen MR) is 117 cm³/mol. The van der Waals surface area contributed by atoms with E-state index in [1.165, 1.54) is 22.6 Å². The van der Waals surface area contributed by atoms with Crippen LogP contribution in [0.3, 0.4) is 0 Å². The summed E-state index contributed by atoms with van der Waals surface area (Å²) in [6, 6.07) is 9.52. The number of pyridine rings is 1. The van der Waals surface area contributed by atoms with Gasteiger partial charge in [-0.1, -0.05) is 13.8 Å².